The largest absolute Gasteiger partial charge is 0.452 e. The van der Waals surface area contributed by atoms with Crippen molar-refractivity contribution in [2.45, 2.75) is 45.2 Å². The number of nitrogens with zero attached hydrogens (tertiary/aromatic N) is 1. The number of carbonyl (C=O) groups is 4. The Hall–Kier alpha value is -3.48. The van der Waals surface area contributed by atoms with Crippen LogP contribution in [0.1, 0.15) is 60.1 Å². The predicted octanol–water partition coefficient (Wildman–Crippen LogP) is 3.15. The first kappa shape index (κ1) is 22.2. The molecule has 1 heterocycles. The SMILES string of the molecule is CCCC(NC(=O)COC(=O)c1ccc(CN2C(=O)CCC2=O)cc1)c1ccccc1. The Balaban J connectivity index is 1.51. The molecule has 1 unspecified atom stereocenters. The number of ether oxygens (including phenoxy) is 1. The summed E-state index contributed by atoms with van der Waals surface area (Å²) in [6.45, 7) is 1.86. The molecule has 1 saturated heterocycles. The molecule has 1 fully saturated rings. The minimum Gasteiger partial charge on any atom is -0.452 e. The predicted molar refractivity (Wildman–Crippen MR) is 114 cm³/mol. The number of rotatable bonds is 9. The second kappa shape index (κ2) is 10.5. The Labute approximate surface area is 181 Å². The number of likely N-dealkylation sites (tertiary alicyclic amines) is 1. The zero-order valence-corrected chi connectivity index (χ0v) is 17.5. The van der Waals surface area contributed by atoms with E-state index in [1.54, 1.807) is 24.3 Å². The molecule has 2 aromatic rings. The molecule has 1 atom stereocenters. The lowest BCUT2D eigenvalue weighted by atomic mass is 10.0. The summed E-state index contributed by atoms with van der Waals surface area (Å²) in [4.78, 5) is 49.2. The molecule has 0 aliphatic carbocycles. The molecule has 7 nitrogen and oxygen atoms in total. The van der Waals surface area contributed by atoms with Crippen molar-refractivity contribution in [3.63, 3.8) is 0 Å². The molecule has 3 amide bonds. The van der Waals surface area contributed by atoms with Crippen LogP contribution in [-0.2, 0) is 25.7 Å². The zero-order valence-electron chi connectivity index (χ0n) is 17.5. The average Bonchev–Trinajstić information content (AvgIpc) is 3.10. The van der Waals surface area contributed by atoms with Crippen molar-refractivity contribution in [2.24, 2.45) is 0 Å². The van der Waals surface area contributed by atoms with Crippen molar-refractivity contribution in [1.82, 2.24) is 10.2 Å². The Morgan fingerprint density at radius 3 is 2.26 bits per heavy atom. The molecule has 2 aromatic carbocycles. The number of nitrogens with one attached hydrogen (secondary N) is 1. The van der Waals surface area contributed by atoms with Crippen LogP contribution in [0.4, 0.5) is 0 Å². The van der Waals surface area contributed by atoms with Crippen molar-refractivity contribution in [3.8, 4) is 0 Å². The average molecular weight is 422 g/mol. The Morgan fingerprint density at radius 1 is 1.00 bits per heavy atom. The molecule has 0 saturated carbocycles. The molecule has 0 bridgehead atoms. The van der Waals surface area contributed by atoms with Crippen LogP contribution in [-0.4, -0.2) is 35.2 Å². The van der Waals surface area contributed by atoms with E-state index in [2.05, 4.69) is 5.32 Å². The van der Waals surface area contributed by atoms with Crippen molar-refractivity contribution < 1.29 is 23.9 Å². The summed E-state index contributed by atoms with van der Waals surface area (Å²) >= 11 is 0. The van der Waals surface area contributed by atoms with E-state index in [4.69, 9.17) is 4.74 Å². The normalized spacial score (nSPS) is 14.4. The zero-order chi connectivity index (χ0) is 22.2. The second-order valence-corrected chi connectivity index (χ2v) is 7.47. The highest BCUT2D eigenvalue weighted by Gasteiger charge is 2.28. The number of hydrogen-bond acceptors (Lipinski definition) is 5. The fourth-order valence-electron chi connectivity index (χ4n) is 3.47. The van der Waals surface area contributed by atoms with Gasteiger partial charge in [0.2, 0.25) is 11.8 Å². The Bertz CT molecular complexity index is 924. The Kier molecular flexibility index (Phi) is 7.54. The van der Waals surface area contributed by atoms with Gasteiger partial charge in [-0.1, -0.05) is 55.8 Å². The van der Waals surface area contributed by atoms with E-state index >= 15 is 0 Å². The number of hydrogen-bond donors (Lipinski definition) is 1. The van der Waals surface area contributed by atoms with Gasteiger partial charge in [0.15, 0.2) is 6.61 Å². The third-order valence-corrected chi connectivity index (χ3v) is 5.13. The first-order valence-electron chi connectivity index (χ1n) is 10.4. The highest BCUT2D eigenvalue weighted by Crippen LogP contribution is 2.18. The number of esters is 1. The van der Waals surface area contributed by atoms with Crippen molar-refractivity contribution in [2.75, 3.05) is 6.61 Å². The quantitative estimate of drug-likeness (QED) is 0.495. The fourth-order valence-corrected chi connectivity index (χ4v) is 3.47. The second-order valence-electron chi connectivity index (χ2n) is 7.47. The monoisotopic (exact) mass is 422 g/mol. The van der Waals surface area contributed by atoms with Gasteiger partial charge in [-0.3, -0.25) is 19.3 Å². The van der Waals surface area contributed by atoms with Gasteiger partial charge in [0.25, 0.3) is 5.91 Å². The van der Waals surface area contributed by atoms with E-state index in [-0.39, 0.29) is 49.8 Å². The maximum Gasteiger partial charge on any atom is 0.338 e. The lowest BCUT2D eigenvalue weighted by Gasteiger charge is -2.18. The van der Waals surface area contributed by atoms with Gasteiger partial charge >= 0.3 is 5.97 Å². The van der Waals surface area contributed by atoms with Crippen LogP contribution in [0.2, 0.25) is 0 Å². The molecule has 0 radical (unpaired) electrons. The molecule has 7 heteroatoms. The summed E-state index contributed by atoms with van der Waals surface area (Å²) in [6, 6.07) is 16.0. The maximum atomic E-state index is 12.3. The number of carbonyl (C=O) groups excluding carboxylic acids is 4. The summed E-state index contributed by atoms with van der Waals surface area (Å²) in [5, 5.41) is 2.91. The van der Waals surface area contributed by atoms with Crippen LogP contribution < -0.4 is 5.32 Å². The summed E-state index contributed by atoms with van der Waals surface area (Å²) < 4.78 is 5.14. The minimum atomic E-state index is -0.609. The highest BCUT2D eigenvalue weighted by atomic mass is 16.5. The third-order valence-electron chi connectivity index (χ3n) is 5.13. The molecule has 1 aliphatic rings. The first-order chi connectivity index (χ1) is 15.0. The molecular weight excluding hydrogens is 396 g/mol. The van der Waals surface area contributed by atoms with Crippen LogP contribution in [0.5, 0.6) is 0 Å². The van der Waals surface area contributed by atoms with Crippen molar-refractivity contribution in [3.05, 3.63) is 71.3 Å². The van der Waals surface area contributed by atoms with Crippen LogP contribution in [0.25, 0.3) is 0 Å². The summed E-state index contributed by atoms with van der Waals surface area (Å²) in [7, 11) is 0. The van der Waals surface area contributed by atoms with Crippen molar-refractivity contribution >= 4 is 23.7 Å². The van der Waals surface area contributed by atoms with E-state index < -0.39 is 5.97 Å². The van der Waals surface area contributed by atoms with Gasteiger partial charge in [-0.25, -0.2) is 4.79 Å². The first-order valence-corrected chi connectivity index (χ1v) is 10.4. The van der Waals surface area contributed by atoms with Gasteiger partial charge in [0.1, 0.15) is 0 Å². The fraction of sp³-hybridized carbons (Fsp3) is 0.333. The number of imide groups is 1. The van der Waals surface area contributed by atoms with E-state index in [1.165, 1.54) is 4.90 Å². The van der Waals surface area contributed by atoms with Crippen LogP contribution >= 0.6 is 0 Å². The van der Waals surface area contributed by atoms with Gasteiger partial charge in [0, 0.05) is 12.8 Å². The smallest absolute Gasteiger partial charge is 0.338 e. The molecule has 1 aliphatic heterocycles. The molecule has 1 N–H and O–H groups in total. The summed E-state index contributed by atoms with van der Waals surface area (Å²) in [5.74, 6) is -1.34. The molecule has 31 heavy (non-hydrogen) atoms. The third kappa shape index (κ3) is 6.01. The van der Waals surface area contributed by atoms with Gasteiger partial charge < -0.3 is 10.1 Å². The summed E-state index contributed by atoms with van der Waals surface area (Å²) in [5.41, 5.74) is 2.04. The van der Waals surface area contributed by atoms with Gasteiger partial charge in [0.05, 0.1) is 18.2 Å². The topological polar surface area (TPSA) is 92.8 Å². The van der Waals surface area contributed by atoms with Gasteiger partial charge in [-0.15, -0.1) is 0 Å². The van der Waals surface area contributed by atoms with Crippen LogP contribution in [0, 0.1) is 0 Å². The highest BCUT2D eigenvalue weighted by molar-refractivity contribution is 6.01. The molecule has 3 rings (SSSR count). The molecule has 0 spiro atoms. The molecular formula is C24H26N2O5. The minimum absolute atomic E-state index is 0.132. The van der Waals surface area contributed by atoms with E-state index in [9.17, 15) is 19.2 Å². The standard InChI is InChI=1S/C24H26N2O5/c1-2-6-20(18-7-4-3-5-8-18)25-21(27)16-31-24(30)19-11-9-17(10-12-19)15-26-22(28)13-14-23(26)29/h3-5,7-12,20H,2,6,13-16H2,1H3,(H,25,27). The lowest BCUT2D eigenvalue weighted by Crippen LogP contribution is -2.32. The van der Waals surface area contributed by atoms with E-state index in [0.717, 1.165) is 24.0 Å². The molecule has 0 aromatic heterocycles. The van der Waals surface area contributed by atoms with Gasteiger partial charge in [-0.2, -0.15) is 0 Å². The maximum absolute atomic E-state index is 12.3. The number of benzene rings is 2. The van der Waals surface area contributed by atoms with Crippen LogP contribution in [0.3, 0.4) is 0 Å². The van der Waals surface area contributed by atoms with E-state index in [0.29, 0.717) is 5.56 Å². The van der Waals surface area contributed by atoms with Crippen LogP contribution in [0.15, 0.2) is 54.6 Å². The summed E-state index contributed by atoms with van der Waals surface area (Å²) in [6.07, 6.45) is 2.18. The van der Waals surface area contributed by atoms with Gasteiger partial charge in [-0.05, 0) is 29.7 Å². The lowest BCUT2D eigenvalue weighted by molar-refractivity contribution is -0.139. The van der Waals surface area contributed by atoms with Crippen molar-refractivity contribution in [1.29, 1.82) is 0 Å². The number of amides is 3. The Morgan fingerprint density at radius 2 is 1.65 bits per heavy atom. The van der Waals surface area contributed by atoms with E-state index in [1.807, 2.05) is 37.3 Å². The molecule has 162 valence electrons.